The number of esters is 1. The number of nitrogens with zero attached hydrogens (tertiary/aromatic N) is 3. The lowest BCUT2D eigenvalue weighted by Gasteiger charge is -2.04. The minimum atomic E-state index is -1.13. The van der Waals surface area contributed by atoms with Gasteiger partial charge in [0.25, 0.3) is 0 Å². The average molecular weight is 261 g/mol. The Balaban J connectivity index is 2.38. The molecule has 0 aliphatic carbocycles. The van der Waals surface area contributed by atoms with Crippen molar-refractivity contribution in [2.24, 2.45) is 0 Å². The molecule has 0 radical (unpaired) electrons. The number of methoxy groups -OCH3 is 1. The number of carboxylic acid groups (broad SMARTS) is 1. The van der Waals surface area contributed by atoms with Gasteiger partial charge in [0.1, 0.15) is 0 Å². The van der Waals surface area contributed by atoms with Crippen LogP contribution < -0.4 is 0 Å². The van der Waals surface area contributed by atoms with Crippen molar-refractivity contribution in [3.05, 3.63) is 41.2 Å². The van der Waals surface area contributed by atoms with Crippen LogP contribution in [0.15, 0.2) is 24.3 Å². The zero-order valence-corrected chi connectivity index (χ0v) is 10.3. The van der Waals surface area contributed by atoms with Crippen LogP contribution in [0.5, 0.6) is 0 Å². The van der Waals surface area contributed by atoms with Crippen LogP contribution in [0.4, 0.5) is 0 Å². The lowest BCUT2D eigenvalue weighted by atomic mass is 10.2. The molecule has 0 spiro atoms. The molecule has 2 rings (SSSR count). The van der Waals surface area contributed by atoms with Gasteiger partial charge in [-0.15, -0.1) is 5.10 Å². The molecule has 1 N–H and O–H groups in total. The second kappa shape index (κ2) is 4.89. The van der Waals surface area contributed by atoms with Gasteiger partial charge in [-0.05, 0) is 31.2 Å². The Morgan fingerprint density at radius 2 is 1.89 bits per heavy atom. The van der Waals surface area contributed by atoms with E-state index in [2.05, 4.69) is 15.0 Å². The molecular weight excluding hydrogens is 250 g/mol. The lowest BCUT2D eigenvalue weighted by molar-refractivity contribution is 0.0599. The topological polar surface area (TPSA) is 94.3 Å². The second-order valence-electron chi connectivity index (χ2n) is 3.78. The van der Waals surface area contributed by atoms with Crippen LogP contribution in [0.25, 0.3) is 5.69 Å². The molecule has 0 aliphatic heterocycles. The monoisotopic (exact) mass is 261 g/mol. The highest BCUT2D eigenvalue weighted by Crippen LogP contribution is 2.13. The molecule has 0 bridgehead atoms. The average Bonchev–Trinajstić information content (AvgIpc) is 2.80. The van der Waals surface area contributed by atoms with Crippen molar-refractivity contribution in [1.29, 1.82) is 0 Å². The van der Waals surface area contributed by atoms with Gasteiger partial charge in [-0.1, -0.05) is 5.21 Å². The molecule has 0 saturated heterocycles. The largest absolute Gasteiger partial charge is 0.476 e. The van der Waals surface area contributed by atoms with E-state index in [4.69, 9.17) is 5.11 Å². The first-order valence-electron chi connectivity index (χ1n) is 5.39. The number of hydrogen-bond donors (Lipinski definition) is 1. The molecule has 98 valence electrons. The van der Waals surface area contributed by atoms with E-state index in [0.29, 0.717) is 16.9 Å². The summed E-state index contributed by atoms with van der Waals surface area (Å²) in [5.41, 5.74) is 1.34. The normalized spacial score (nSPS) is 10.2. The van der Waals surface area contributed by atoms with Gasteiger partial charge in [0.15, 0.2) is 5.69 Å². The molecule has 0 aliphatic rings. The van der Waals surface area contributed by atoms with Crippen molar-refractivity contribution in [1.82, 2.24) is 15.0 Å². The third kappa shape index (κ3) is 2.30. The SMILES string of the molecule is COC(=O)c1ccc(-n2nnc(C(=O)O)c2C)cc1. The first-order valence-corrected chi connectivity index (χ1v) is 5.39. The molecule has 0 unspecified atom stereocenters. The van der Waals surface area contributed by atoms with E-state index in [1.54, 1.807) is 31.2 Å². The maximum Gasteiger partial charge on any atom is 0.358 e. The number of aromatic carboxylic acids is 1. The molecule has 0 atom stereocenters. The molecule has 1 heterocycles. The van der Waals surface area contributed by atoms with Crippen molar-refractivity contribution in [2.45, 2.75) is 6.92 Å². The Labute approximate surface area is 108 Å². The fourth-order valence-corrected chi connectivity index (χ4v) is 1.63. The van der Waals surface area contributed by atoms with Gasteiger partial charge in [-0.25, -0.2) is 14.3 Å². The molecule has 1 aromatic carbocycles. The van der Waals surface area contributed by atoms with Crippen molar-refractivity contribution in [3.8, 4) is 5.69 Å². The zero-order valence-electron chi connectivity index (χ0n) is 10.3. The fourth-order valence-electron chi connectivity index (χ4n) is 1.63. The van der Waals surface area contributed by atoms with Gasteiger partial charge in [-0.3, -0.25) is 0 Å². The summed E-state index contributed by atoms with van der Waals surface area (Å²) >= 11 is 0. The Bertz CT molecular complexity index is 631. The Morgan fingerprint density at radius 1 is 1.26 bits per heavy atom. The number of carbonyl (C=O) groups is 2. The van der Waals surface area contributed by atoms with Gasteiger partial charge >= 0.3 is 11.9 Å². The van der Waals surface area contributed by atoms with E-state index < -0.39 is 11.9 Å². The number of aromatic nitrogens is 3. The van der Waals surface area contributed by atoms with Crippen molar-refractivity contribution in [3.63, 3.8) is 0 Å². The van der Waals surface area contributed by atoms with E-state index in [9.17, 15) is 9.59 Å². The summed E-state index contributed by atoms with van der Waals surface area (Å²) in [5.74, 6) is -1.57. The predicted molar refractivity (Wildman–Crippen MR) is 64.4 cm³/mol. The molecule has 0 amide bonds. The van der Waals surface area contributed by atoms with Crippen LogP contribution in [0.2, 0.25) is 0 Å². The molecule has 1 aromatic heterocycles. The molecule has 7 heteroatoms. The second-order valence-corrected chi connectivity index (χ2v) is 3.78. The van der Waals surface area contributed by atoms with Crippen molar-refractivity contribution < 1.29 is 19.4 Å². The summed E-state index contributed by atoms with van der Waals surface area (Å²) in [7, 11) is 1.30. The highest BCUT2D eigenvalue weighted by atomic mass is 16.5. The van der Waals surface area contributed by atoms with Crippen LogP contribution in [0.1, 0.15) is 26.5 Å². The van der Waals surface area contributed by atoms with Gasteiger partial charge in [0.05, 0.1) is 24.1 Å². The molecule has 7 nitrogen and oxygen atoms in total. The van der Waals surface area contributed by atoms with E-state index in [0.717, 1.165) is 0 Å². The maximum atomic E-state index is 11.3. The molecule has 19 heavy (non-hydrogen) atoms. The summed E-state index contributed by atoms with van der Waals surface area (Å²) in [6.07, 6.45) is 0. The zero-order chi connectivity index (χ0) is 14.0. The number of ether oxygens (including phenoxy) is 1. The highest BCUT2D eigenvalue weighted by molar-refractivity contribution is 5.89. The predicted octanol–water partition coefficient (Wildman–Crippen LogP) is 1.06. The Hall–Kier alpha value is -2.70. The fraction of sp³-hybridized carbons (Fsp3) is 0.167. The number of benzene rings is 1. The molecule has 0 saturated carbocycles. The number of hydrogen-bond acceptors (Lipinski definition) is 5. The number of carboxylic acids is 1. The van der Waals surface area contributed by atoms with E-state index in [1.807, 2.05) is 0 Å². The third-order valence-corrected chi connectivity index (χ3v) is 2.63. The van der Waals surface area contributed by atoms with Gasteiger partial charge in [0.2, 0.25) is 0 Å². The molecule has 0 fully saturated rings. The maximum absolute atomic E-state index is 11.3. The van der Waals surface area contributed by atoms with Crippen LogP contribution in [-0.4, -0.2) is 39.1 Å². The lowest BCUT2D eigenvalue weighted by Crippen LogP contribution is -2.04. The first kappa shape index (κ1) is 12.7. The Morgan fingerprint density at radius 3 is 2.37 bits per heavy atom. The summed E-state index contributed by atoms with van der Waals surface area (Å²) < 4.78 is 5.98. The van der Waals surface area contributed by atoms with Gasteiger partial charge in [-0.2, -0.15) is 0 Å². The van der Waals surface area contributed by atoms with Gasteiger partial charge < -0.3 is 9.84 Å². The van der Waals surface area contributed by atoms with E-state index in [-0.39, 0.29) is 5.69 Å². The van der Waals surface area contributed by atoms with Crippen LogP contribution in [0, 0.1) is 6.92 Å². The number of rotatable bonds is 3. The van der Waals surface area contributed by atoms with E-state index >= 15 is 0 Å². The molecular formula is C12H11N3O4. The van der Waals surface area contributed by atoms with Crippen molar-refractivity contribution >= 4 is 11.9 Å². The minimum absolute atomic E-state index is 0.1000. The van der Waals surface area contributed by atoms with Gasteiger partial charge in [0, 0.05) is 0 Å². The minimum Gasteiger partial charge on any atom is -0.476 e. The summed E-state index contributed by atoms with van der Waals surface area (Å²) in [5, 5.41) is 16.3. The standard InChI is InChI=1S/C12H11N3O4/c1-7-10(11(16)17)13-14-15(7)9-5-3-8(4-6-9)12(18)19-2/h3-6H,1-2H3,(H,16,17). The third-order valence-electron chi connectivity index (χ3n) is 2.63. The summed E-state index contributed by atoms with van der Waals surface area (Å²) in [6.45, 7) is 1.61. The summed E-state index contributed by atoms with van der Waals surface area (Å²) in [6, 6.07) is 6.42. The van der Waals surface area contributed by atoms with Crippen molar-refractivity contribution in [2.75, 3.05) is 7.11 Å². The smallest absolute Gasteiger partial charge is 0.358 e. The Kier molecular flexibility index (Phi) is 3.28. The molecule has 2 aromatic rings. The number of carbonyl (C=O) groups excluding carboxylic acids is 1. The highest BCUT2D eigenvalue weighted by Gasteiger charge is 2.16. The van der Waals surface area contributed by atoms with E-state index in [1.165, 1.54) is 11.8 Å². The van der Waals surface area contributed by atoms with Crippen LogP contribution in [0.3, 0.4) is 0 Å². The van der Waals surface area contributed by atoms with Crippen LogP contribution in [-0.2, 0) is 4.74 Å². The summed E-state index contributed by atoms with van der Waals surface area (Å²) in [4.78, 5) is 22.2. The van der Waals surface area contributed by atoms with Crippen LogP contribution >= 0.6 is 0 Å². The quantitative estimate of drug-likeness (QED) is 0.830. The first-order chi connectivity index (χ1) is 9.04.